The van der Waals surface area contributed by atoms with E-state index in [1.807, 2.05) is 0 Å². The third kappa shape index (κ3) is 4.95. The molecule has 0 saturated carbocycles. The van der Waals surface area contributed by atoms with E-state index in [1.54, 1.807) is 48.5 Å². The smallest absolute Gasteiger partial charge is 0.373 e. The van der Waals surface area contributed by atoms with Crippen molar-refractivity contribution in [1.29, 1.82) is 0 Å². The molecule has 0 aliphatic rings. The molecule has 1 amide bonds. The van der Waals surface area contributed by atoms with Gasteiger partial charge in [-0.25, -0.2) is 4.98 Å². The molecular weight excluding hydrogens is 378 g/mol. The van der Waals surface area contributed by atoms with Gasteiger partial charge in [0.05, 0.1) is 12.0 Å². The molecule has 1 heterocycles. The van der Waals surface area contributed by atoms with Gasteiger partial charge in [0, 0.05) is 18.3 Å². The number of hydrogen-bond donors (Lipinski definition) is 2. The van der Waals surface area contributed by atoms with Crippen molar-refractivity contribution in [2.24, 2.45) is 0 Å². The SMILES string of the molecule is COc1ccc(Oc2ncnc(Nc3ccc(NC(C)=O)cc3)c2[N+](=O)[O-])cc1. The molecule has 0 saturated heterocycles. The predicted molar refractivity (Wildman–Crippen MR) is 106 cm³/mol. The Bertz CT molecular complexity index is 1020. The van der Waals surface area contributed by atoms with E-state index in [4.69, 9.17) is 9.47 Å². The van der Waals surface area contributed by atoms with Crippen molar-refractivity contribution in [2.45, 2.75) is 6.92 Å². The van der Waals surface area contributed by atoms with Crippen LogP contribution in [0.1, 0.15) is 6.92 Å². The van der Waals surface area contributed by atoms with Gasteiger partial charge in [-0.1, -0.05) is 0 Å². The van der Waals surface area contributed by atoms with Gasteiger partial charge in [-0.15, -0.1) is 0 Å². The highest BCUT2D eigenvalue weighted by Gasteiger charge is 2.25. The number of benzene rings is 2. The summed E-state index contributed by atoms with van der Waals surface area (Å²) >= 11 is 0. The molecule has 10 heteroatoms. The Balaban J connectivity index is 1.86. The summed E-state index contributed by atoms with van der Waals surface area (Å²) in [4.78, 5) is 30.0. The first kappa shape index (κ1) is 19.5. The number of methoxy groups -OCH3 is 1. The van der Waals surface area contributed by atoms with Crippen molar-refractivity contribution in [2.75, 3.05) is 17.7 Å². The maximum Gasteiger partial charge on any atom is 0.373 e. The normalized spacial score (nSPS) is 10.1. The van der Waals surface area contributed by atoms with Crippen LogP contribution in [0.5, 0.6) is 17.4 Å². The number of anilines is 3. The standard InChI is InChI=1S/C19H17N5O5/c1-12(25)22-13-3-5-14(6-4-13)23-18-17(24(26)27)19(21-11-20-18)29-16-9-7-15(28-2)8-10-16/h3-11H,1-2H3,(H,22,25)(H,20,21,23). The molecule has 0 atom stereocenters. The number of hydrogen-bond acceptors (Lipinski definition) is 8. The minimum atomic E-state index is -0.618. The summed E-state index contributed by atoms with van der Waals surface area (Å²) < 4.78 is 10.6. The zero-order chi connectivity index (χ0) is 20.8. The van der Waals surface area contributed by atoms with E-state index >= 15 is 0 Å². The van der Waals surface area contributed by atoms with Crippen LogP contribution in [0.25, 0.3) is 0 Å². The van der Waals surface area contributed by atoms with Gasteiger partial charge in [0.2, 0.25) is 11.7 Å². The first-order valence-electron chi connectivity index (χ1n) is 8.42. The number of nitrogens with zero attached hydrogens (tertiary/aromatic N) is 3. The molecule has 0 aliphatic heterocycles. The molecule has 0 unspecified atom stereocenters. The third-order valence-corrected chi connectivity index (χ3v) is 3.71. The van der Waals surface area contributed by atoms with Crippen LogP contribution in [0.15, 0.2) is 54.9 Å². The van der Waals surface area contributed by atoms with Gasteiger partial charge in [-0.2, -0.15) is 4.98 Å². The van der Waals surface area contributed by atoms with Crippen LogP contribution >= 0.6 is 0 Å². The predicted octanol–water partition coefficient (Wildman–Crippen LogP) is 3.89. The van der Waals surface area contributed by atoms with Crippen molar-refractivity contribution in [3.63, 3.8) is 0 Å². The Kier molecular flexibility index (Phi) is 5.83. The lowest BCUT2D eigenvalue weighted by molar-refractivity contribution is -0.385. The molecule has 2 aromatic carbocycles. The Morgan fingerprint density at radius 2 is 1.62 bits per heavy atom. The Morgan fingerprint density at radius 3 is 2.21 bits per heavy atom. The Hall–Kier alpha value is -4.21. The van der Waals surface area contributed by atoms with Gasteiger partial charge in [0.25, 0.3) is 0 Å². The van der Waals surface area contributed by atoms with Gasteiger partial charge in [0.15, 0.2) is 0 Å². The molecule has 0 fully saturated rings. The quantitative estimate of drug-likeness (QED) is 0.455. The molecule has 0 radical (unpaired) electrons. The van der Waals surface area contributed by atoms with E-state index in [9.17, 15) is 14.9 Å². The molecule has 3 rings (SSSR count). The van der Waals surface area contributed by atoms with Gasteiger partial charge in [-0.05, 0) is 48.5 Å². The fourth-order valence-corrected chi connectivity index (χ4v) is 2.43. The summed E-state index contributed by atoms with van der Waals surface area (Å²) in [5.74, 6) is 0.559. The molecule has 0 aliphatic carbocycles. The van der Waals surface area contributed by atoms with Gasteiger partial charge >= 0.3 is 11.6 Å². The van der Waals surface area contributed by atoms with Crippen molar-refractivity contribution in [3.8, 4) is 17.4 Å². The summed E-state index contributed by atoms with van der Waals surface area (Å²) in [6, 6.07) is 13.2. The van der Waals surface area contributed by atoms with E-state index in [-0.39, 0.29) is 17.6 Å². The molecule has 3 aromatic rings. The van der Waals surface area contributed by atoms with E-state index in [2.05, 4.69) is 20.6 Å². The molecule has 29 heavy (non-hydrogen) atoms. The summed E-state index contributed by atoms with van der Waals surface area (Å²) in [7, 11) is 1.53. The fraction of sp³-hybridized carbons (Fsp3) is 0.105. The van der Waals surface area contributed by atoms with Crippen molar-refractivity contribution < 1.29 is 19.2 Å². The number of aromatic nitrogens is 2. The second-order valence-corrected chi connectivity index (χ2v) is 5.79. The number of amides is 1. The average molecular weight is 395 g/mol. The minimum absolute atomic E-state index is 0.0270. The highest BCUT2D eigenvalue weighted by atomic mass is 16.6. The maximum absolute atomic E-state index is 11.6. The molecule has 2 N–H and O–H groups in total. The molecular formula is C19H17N5O5. The van der Waals surface area contributed by atoms with Crippen molar-refractivity contribution >= 4 is 28.8 Å². The van der Waals surface area contributed by atoms with Crippen LogP contribution < -0.4 is 20.1 Å². The lowest BCUT2D eigenvalue weighted by Gasteiger charge is -2.10. The number of carbonyl (C=O) groups excluding carboxylic acids is 1. The van der Waals surface area contributed by atoms with Crippen LogP contribution in [0.2, 0.25) is 0 Å². The monoisotopic (exact) mass is 395 g/mol. The van der Waals surface area contributed by atoms with E-state index in [1.165, 1.54) is 20.4 Å². The highest BCUT2D eigenvalue weighted by Crippen LogP contribution is 2.35. The largest absolute Gasteiger partial charge is 0.497 e. The number of nitrogens with one attached hydrogen (secondary N) is 2. The van der Waals surface area contributed by atoms with Crippen LogP contribution in [0.4, 0.5) is 22.9 Å². The first-order valence-corrected chi connectivity index (χ1v) is 8.42. The molecule has 0 bridgehead atoms. The van der Waals surface area contributed by atoms with Crippen LogP contribution in [-0.4, -0.2) is 27.9 Å². The summed E-state index contributed by atoms with van der Waals surface area (Å²) in [5.41, 5.74) is 0.731. The van der Waals surface area contributed by atoms with Crippen molar-refractivity contribution in [1.82, 2.24) is 9.97 Å². The van der Waals surface area contributed by atoms with E-state index < -0.39 is 10.6 Å². The molecule has 148 valence electrons. The fourth-order valence-electron chi connectivity index (χ4n) is 2.43. The molecule has 1 aromatic heterocycles. The first-order chi connectivity index (χ1) is 14.0. The van der Waals surface area contributed by atoms with Gasteiger partial charge in [-0.3, -0.25) is 14.9 Å². The maximum atomic E-state index is 11.6. The number of carbonyl (C=O) groups is 1. The lowest BCUT2D eigenvalue weighted by atomic mass is 10.2. The van der Waals surface area contributed by atoms with Gasteiger partial charge < -0.3 is 20.1 Å². The third-order valence-electron chi connectivity index (χ3n) is 3.71. The number of rotatable bonds is 7. The Morgan fingerprint density at radius 1 is 1.00 bits per heavy atom. The zero-order valence-corrected chi connectivity index (χ0v) is 15.6. The van der Waals surface area contributed by atoms with Crippen LogP contribution in [-0.2, 0) is 4.79 Å². The summed E-state index contributed by atoms with van der Waals surface area (Å²) in [5, 5.41) is 17.2. The minimum Gasteiger partial charge on any atom is -0.497 e. The van der Waals surface area contributed by atoms with Crippen molar-refractivity contribution in [3.05, 3.63) is 65.0 Å². The Labute approximate surface area is 165 Å². The van der Waals surface area contributed by atoms with Crippen LogP contribution in [0.3, 0.4) is 0 Å². The average Bonchev–Trinajstić information content (AvgIpc) is 2.69. The summed E-state index contributed by atoms with van der Waals surface area (Å²) in [6.07, 6.45) is 1.17. The second-order valence-electron chi connectivity index (χ2n) is 5.79. The zero-order valence-electron chi connectivity index (χ0n) is 15.6. The number of nitro groups is 1. The lowest BCUT2D eigenvalue weighted by Crippen LogP contribution is -2.06. The van der Waals surface area contributed by atoms with E-state index in [0.717, 1.165) is 0 Å². The molecule has 0 spiro atoms. The summed E-state index contributed by atoms with van der Waals surface area (Å²) in [6.45, 7) is 1.40. The van der Waals surface area contributed by atoms with E-state index in [0.29, 0.717) is 22.9 Å². The highest BCUT2D eigenvalue weighted by molar-refractivity contribution is 5.88. The second kappa shape index (κ2) is 8.65. The van der Waals surface area contributed by atoms with Gasteiger partial charge in [0.1, 0.15) is 17.8 Å². The molecule has 10 nitrogen and oxygen atoms in total. The number of ether oxygens (including phenoxy) is 2. The van der Waals surface area contributed by atoms with Crippen LogP contribution in [0, 0.1) is 10.1 Å². The topological polar surface area (TPSA) is 129 Å².